The lowest BCUT2D eigenvalue weighted by molar-refractivity contribution is 0.103. The number of phenolic OH excluding ortho intramolecular Hbond substituents is 1. The predicted molar refractivity (Wildman–Crippen MR) is 142 cm³/mol. The van der Waals surface area contributed by atoms with Gasteiger partial charge in [0.1, 0.15) is 5.75 Å². The molecular weight excluding hydrogens is 472 g/mol. The first-order chi connectivity index (χ1) is 17.6. The van der Waals surface area contributed by atoms with E-state index in [4.69, 9.17) is 0 Å². The van der Waals surface area contributed by atoms with Gasteiger partial charge in [0, 0.05) is 29.8 Å². The van der Waals surface area contributed by atoms with Crippen LogP contribution in [0.3, 0.4) is 0 Å². The summed E-state index contributed by atoms with van der Waals surface area (Å²) in [5.41, 5.74) is 3.56. The number of hydrogen-bond donors (Lipinski definition) is 3. The van der Waals surface area contributed by atoms with Gasteiger partial charge in [0.15, 0.2) is 0 Å². The van der Waals surface area contributed by atoms with E-state index in [1.807, 2.05) is 47.8 Å². The molecule has 3 N–H and O–H groups in total. The van der Waals surface area contributed by atoms with Gasteiger partial charge in [-0.1, -0.05) is 49.2 Å². The van der Waals surface area contributed by atoms with Crippen LogP contribution in [0.4, 0.5) is 10.5 Å². The fourth-order valence-electron chi connectivity index (χ4n) is 4.66. The lowest BCUT2D eigenvalue weighted by atomic mass is 10.0. The van der Waals surface area contributed by atoms with Crippen LogP contribution in [-0.4, -0.2) is 33.4 Å². The van der Waals surface area contributed by atoms with E-state index >= 15 is 0 Å². The van der Waals surface area contributed by atoms with Crippen molar-refractivity contribution in [2.24, 2.45) is 0 Å². The highest BCUT2D eigenvalue weighted by molar-refractivity contribution is 7.12. The van der Waals surface area contributed by atoms with Crippen LogP contribution in [0, 0.1) is 0 Å². The number of nitrogens with one attached hydrogen (secondary N) is 2. The van der Waals surface area contributed by atoms with Crippen LogP contribution < -0.4 is 10.6 Å². The summed E-state index contributed by atoms with van der Waals surface area (Å²) in [6.07, 6.45) is 5.03. The van der Waals surface area contributed by atoms with Crippen molar-refractivity contribution in [3.63, 3.8) is 0 Å². The van der Waals surface area contributed by atoms with Crippen molar-refractivity contribution >= 4 is 29.0 Å². The second kappa shape index (κ2) is 10.8. The fraction of sp³-hybridized carbons (Fsp3) is 0.250. The maximum absolute atomic E-state index is 13.1. The summed E-state index contributed by atoms with van der Waals surface area (Å²) in [5, 5.41) is 23.0. The molecule has 2 heterocycles. The zero-order chi connectivity index (χ0) is 24.9. The standard InChI is InChI=1S/C28H28N4O3S/c33-25-17-21(30-27(34)26-11-6-16-36-26)12-13-22(25)23-18-24(20-9-4-5-10-20)32(31-23)28(35)29-15-14-19-7-2-1-3-8-19/h1-3,6-8,11-13,16-18,20,33H,4-5,9-10,14-15H2,(H,29,35)(H,30,34). The molecule has 0 saturated heterocycles. The van der Waals surface area contributed by atoms with Crippen LogP contribution in [-0.2, 0) is 6.42 Å². The molecule has 8 heteroatoms. The molecule has 4 aromatic rings. The Hall–Kier alpha value is -3.91. The minimum atomic E-state index is -0.265. The first-order valence-electron chi connectivity index (χ1n) is 12.2. The van der Waals surface area contributed by atoms with E-state index in [2.05, 4.69) is 15.7 Å². The first-order valence-corrected chi connectivity index (χ1v) is 13.1. The quantitative estimate of drug-likeness (QED) is 0.289. The van der Waals surface area contributed by atoms with Gasteiger partial charge in [-0.05, 0) is 54.5 Å². The molecular formula is C28H28N4O3S. The predicted octanol–water partition coefficient (Wildman–Crippen LogP) is 6.03. The summed E-state index contributed by atoms with van der Waals surface area (Å²) in [5.74, 6) is 0.0285. The van der Waals surface area contributed by atoms with E-state index in [0.717, 1.165) is 43.4 Å². The first kappa shape index (κ1) is 23.8. The van der Waals surface area contributed by atoms with Crippen LogP contribution >= 0.6 is 11.3 Å². The Balaban J connectivity index is 1.35. The molecule has 2 amide bonds. The highest BCUT2D eigenvalue weighted by Crippen LogP contribution is 2.38. The largest absolute Gasteiger partial charge is 0.507 e. The van der Waals surface area contributed by atoms with Gasteiger partial charge in [-0.3, -0.25) is 4.79 Å². The summed E-state index contributed by atoms with van der Waals surface area (Å²) in [4.78, 5) is 26.1. The normalized spacial score (nSPS) is 13.6. The number of anilines is 1. The highest BCUT2D eigenvalue weighted by atomic mass is 32.1. The van der Waals surface area contributed by atoms with Gasteiger partial charge in [0.05, 0.1) is 16.3 Å². The van der Waals surface area contributed by atoms with Crippen molar-refractivity contribution < 1.29 is 14.7 Å². The topological polar surface area (TPSA) is 96.3 Å². The van der Waals surface area contributed by atoms with Crippen LogP contribution in [0.2, 0.25) is 0 Å². The number of amides is 2. The van der Waals surface area contributed by atoms with E-state index < -0.39 is 0 Å². The second-order valence-corrected chi connectivity index (χ2v) is 9.93. The Morgan fingerprint density at radius 3 is 2.56 bits per heavy atom. The van der Waals surface area contributed by atoms with Gasteiger partial charge in [0.25, 0.3) is 5.91 Å². The summed E-state index contributed by atoms with van der Waals surface area (Å²) in [6, 6.07) is 20.2. The monoisotopic (exact) mass is 500 g/mol. The summed E-state index contributed by atoms with van der Waals surface area (Å²) >= 11 is 1.35. The van der Waals surface area contributed by atoms with Crippen molar-refractivity contribution in [1.82, 2.24) is 15.1 Å². The maximum atomic E-state index is 13.1. The minimum Gasteiger partial charge on any atom is -0.507 e. The minimum absolute atomic E-state index is 0.00825. The Morgan fingerprint density at radius 2 is 1.83 bits per heavy atom. The molecule has 0 spiro atoms. The second-order valence-electron chi connectivity index (χ2n) is 8.98. The van der Waals surface area contributed by atoms with E-state index in [-0.39, 0.29) is 23.6 Å². The SMILES string of the molecule is O=C(Nc1ccc(-c2cc(C3CCCC3)n(C(=O)NCCc3ccccc3)n2)c(O)c1)c1cccs1. The van der Waals surface area contributed by atoms with Gasteiger partial charge in [-0.25, -0.2) is 4.79 Å². The molecule has 2 aromatic carbocycles. The molecule has 36 heavy (non-hydrogen) atoms. The third-order valence-corrected chi connectivity index (χ3v) is 7.38. The molecule has 0 unspecified atom stereocenters. The highest BCUT2D eigenvalue weighted by Gasteiger charge is 2.26. The zero-order valence-electron chi connectivity index (χ0n) is 19.8. The molecule has 0 atom stereocenters. The van der Waals surface area contributed by atoms with Gasteiger partial charge >= 0.3 is 6.03 Å². The molecule has 1 saturated carbocycles. The number of aromatic hydroxyl groups is 1. The average molecular weight is 501 g/mol. The number of aromatic nitrogens is 2. The number of rotatable bonds is 7. The molecule has 0 bridgehead atoms. The van der Waals surface area contributed by atoms with Crippen LogP contribution in [0.15, 0.2) is 72.1 Å². The van der Waals surface area contributed by atoms with Crippen molar-refractivity contribution in [1.29, 1.82) is 0 Å². The Morgan fingerprint density at radius 1 is 1.03 bits per heavy atom. The number of carbonyl (C=O) groups is 2. The van der Waals surface area contributed by atoms with Gasteiger partial charge in [-0.2, -0.15) is 9.78 Å². The van der Waals surface area contributed by atoms with Crippen molar-refractivity contribution in [2.45, 2.75) is 38.0 Å². The lowest BCUT2D eigenvalue weighted by Crippen LogP contribution is -2.32. The molecule has 184 valence electrons. The summed E-state index contributed by atoms with van der Waals surface area (Å²) in [7, 11) is 0. The molecule has 2 aromatic heterocycles. The van der Waals surface area contributed by atoms with E-state index in [1.165, 1.54) is 22.1 Å². The summed E-state index contributed by atoms with van der Waals surface area (Å²) in [6.45, 7) is 0.506. The molecule has 5 rings (SSSR count). The third kappa shape index (κ3) is 5.33. The Kier molecular flexibility index (Phi) is 7.13. The molecule has 1 aliphatic rings. The van der Waals surface area contributed by atoms with E-state index in [0.29, 0.717) is 28.4 Å². The van der Waals surface area contributed by atoms with Crippen LogP contribution in [0.1, 0.15) is 52.5 Å². The number of hydrogen-bond acceptors (Lipinski definition) is 5. The van der Waals surface area contributed by atoms with Crippen LogP contribution in [0.5, 0.6) is 5.75 Å². The number of carbonyl (C=O) groups excluding carboxylic acids is 2. The van der Waals surface area contributed by atoms with Gasteiger partial charge in [0.2, 0.25) is 0 Å². The zero-order valence-corrected chi connectivity index (χ0v) is 20.6. The smallest absolute Gasteiger partial charge is 0.342 e. The molecule has 0 aliphatic heterocycles. The van der Waals surface area contributed by atoms with Crippen LogP contribution in [0.25, 0.3) is 11.3 Å². The third-order valence-electron chi connectivity index (χ3n) is 6.51. The van der Waals surface area contributed by atoms with E-state index in [9.17, 15) is 14.7 Å². The fourth-order valence-corrected chi connectivity index (χ4v) is 5.28. The number of phenols is 1. The Labute approximate surface area is 213 Å². The maximum Gasteiger partial charge on any atom is 0.342 e. The van der Waals surface area contributed by atoms with Gasteiger partial charge < -0.3 is 15.7 Å². The number of nitrogens with zero attached hydrogens (tertiary/aromatic N) is 2. The Bertz CT molecular complexity index is 1340. The number of benzene rings is 2. The van der Waals surface area contributed by atoms with E-state index in [1.54, 1.807) is 18.2 Å². The average Bonchev–Trinajstić information content (AvgIpc) is 3.66. The van der Waals surface area contributed by atoms with Crippen molar-refractivity contribution in [2.75, 3.05) is 11.9 Å². The molecule has 1 aliphatic carbocycles. The van der Waals surface area contributed by atoms with Crippen molar-refractivity contribution in [3.05, 3.63) is 88.2 Å². The van der Waals surface area contributed by atoms with Crippen molar-refractivity contribution in [3.8, 4) is 17.0 Å². The lowest BCUT2D eigenvalue weighted by Gasteiger charge is -2.12. The number of thiophene rings is 1. The molecule has 0 radical (unpaired) electrons. The molecule has 1 fully saturated rings. The molecule has 7 nitrogen and oxygen atoms in total. The summed E-state index contributed by atoms with van der Waals surface area (Å²) < 4.78 is 1.46. The van der Waals surface area contributed by atoms with Gasteiger partial charge in [-0.15, -0.1) is 11.3 Å².